The quantitative estimate of drug-likeness (QED) is 0.184. The maximum atomic E-state index is 7.18. The van der Waals surface area contributed by atoms with Crippen molar-refractivity contribution in [1.82, 2.24) is 0 Å². The first-order chi connectivity index (χ1) is 11.3. The van der Waals surface area contributed by atoms with Crippen molar-refractivity contribution < 1.29 is 4.43 Å². The van der Waals surface area contributed by atoms with Crippen molar-refractivity contribution in [3.63, 3.8) is 0 Å². The molecule has 0 saturated carbocycles. The SMILES string of the molecule is C/C=C(\CCC)C(CCCCCC)O[Si](C(C)C)(C(C)C)C(C)C. The standard InChI is InChI=1S/C22H46OSi/c1-10-13-14-15-17-22(21(12-3)16-11-2)23-24(18(4)5,19(6)7)20(8)9/h12,18-20,22H,10-11,13-17H2,1-9H3/b21-12+. The zero-order valence-corrected chi connectivity index (χ0v) is 19.2. The van der Waals surface area contributed by atoms with E-state index in [4.69, 9.17) is 4.43 Å². The lowest BCUT2D eigenvalue weighted by molar-refractivity contribution is 0.188. The summed E-state index contributed by atoms with van der Waals surface area (Å²) in [4.78, 5) is 0. The van der Waals surface area contributed by atoms with E-state index in [1.807, 2.05) is 0 Å². The van der Waals surface area contributed by atoms with Crippen molar-refractivity contribution in [3.05, 3.63) is 11.6 Å². The third-order valence-corrected chi connectivity index (χ3v) is 11.8. The van der Waals surface area contributed by atoms with Crippen LogP contribution in [-0.2, 0) is 4.43 Å². The van der Waals surface area contributed by atoms with Crippen LogP contribution in [-0.4, -0.2) is 14.4 Å². The molecule has 24 heavy (non-hydrogen) atoms. The molecule has 0 fully saturated rings. The first kappa shape index (κ1) is 23.9. The summed E-state index contributed by atoms with van der Waals surface area (Å²) >= 11 is 0. The third kappa shape index (κ3) is 6.67. The summed E-state index contributed by atoms with van der Waals surface area (Å²) in [5.41, 5.74) is 3.54. The van der Waals surface area contributed by atoms with E-state index in [1.54, 1.807) is 5.57 Å². The smallest absolute Gasteiger partial charge is 0.201 e. The zero-order valence-electron chi connectivity index (χ0n) is 18.2. The van der Waals surface area contributed by atoms with Gasteiger partial charge in [-0.2, -0.15) is 0 Å². The molecule has 0 bridgehead atoms. The Balaban J connectivity index is 5.43. The van der Waals surface area contributed by atoms with Crippen LogP contribution in [0.5, 0.6) is 0 Å². The van der Waals surface area contributed by atoms with E-state index in [0.29, 0.717) is 22.7 Å². The molecule has 0 saturated heterocycles. The van der Waals surface area contributed by atoms with E-state index in [0.717, 1.165) is 0 Å². The minimum absolute atomic E-state index is 0.352. The van der Waals surface area contributed by atoms with Crippen molar-refractivity contribution >= 4 is 8.32 Å². The van der Waals surface area contributed by atoms with Gasteiger partial charge in [-0.25, -0.2) is 0 Å². The molecule has 2 heteroatoms. The average Bonchev–Trinajstić information content (AvgIpc) is 2.51. The van der Waals surface area contributed by atoms with E-state index in [9.17, 15) is 0 Å². The Morgan fingerprint density at radius 1 is 0.833 bits per heavy atom. The van der Waals surface area contributed by atoms with Crippen LogP contribution in [0.3, 0.4) is 0 Å². The lowest BCUT2D eigenvalue weighted by atomic mass is 9.99. The summed E-state index contributed by atoms with van der Waals surface area (Å²) in [5, 5.41) is 0. The summed E-state index contributed by atoms with van der Waals surface area (Å²) in [6.45, 7) is 21.2. The van der Waals surface area contributed by atoms with Crippen LogP contribution in [0.1, 0.15) is 107 Å². The molecule has 0 rings (SSSR count). The lowest BCUT2D eigenvalue weighted by Gasteiger charge is -2.45. The van der Waals surface area contributed by atoms with Crippen molar-refractivity contribution in [1.29, 1.82) is 0 Å². The monoisotopic (exact) mass is 354 g/mol. The summed E-state index contributed by atoms with van der Waals surface area (Å²) in [5.74, 6) is 0. The van der Waals surface area contributed by atoms with Crippen molar-refractivity contribution in [2.45, 2.75) is 130 Å². The second-order valence-electron chi connectivity index (χ2n) is 8.39. The van der Waals surface area contributed by atoms with E-state index < -0.39 is 8.32 Å². The molecule has 1 nitrogen and oxygen atoms in total. The van der Waals surface area contributed by atoms with E-state index in [1.165, 1.54) is 44.9 Å². The van der Waals surface area contributed by atoms with Gasteiger partial charge in [0.1, 0.15) is 0 Å². The van der Waals surface area contributed by atoms with Crippen LogP contribution in [0.2, 0.25) is 16.6 Å². The van der Waals surface area contributed by atoms with Gasteiger partial charge in [-0.3, -0.25) is 0 Å². The molecular weight excluding hydrogens is 308 g/mol. The van der Waals surface area contributed by atoms with Gasteiger partial charge in [0.15, 0.2) is 0 Å². The number of hydrogen-bond acceptors (Lipinski definition) is 1. The average molecular weight is 355 g/mol. The van der Waals surface area contributed by atoms with E-state index >= 15 is 0 Å². The number of rotatable bonds is 13. The Morgan fingerprint density at radius 2 is 1.38 bits per heavy atom. The van der Waals surface area contributed by atoms with Crippen LogP contribution in [0.4, 0.5) is 0 Å². The fourth-order valence-corrected chi connectivity index (χ4v) is 10.1. The van der Waals surface area contributed by atoms with Gasteiger partial charge >= 0.3 is 0 Å². The molecular formula is C22H46OSi. The lowest BCUT2D eigenvalue weighted by Crippen LogP contribution is -2.50. The van der Waals surface area contributed by atoms with E-state index in [2.05, 4.69) is 68.4 Å². The van der Waals surface area contributed by atoms with Crippen LogP contribution in [0.25, 0.3) is 0 Å². The van der Waals surface area contributed by atoms with Crippen molar-refractivity contribution in [2.75, 3.05) is 0 Å². The van der Waals surface area contributed by atoms with Crippen LogP contribution in [0, 0.1) is 0 Å². The van der Waals surface area contributed by atoms with Crippen LogP contribution < -0.4 is 0 Å². The molecule has 0 radical (unpaired) electrons. The Bertz CT molecular complexity index is 322. The van der Waals surface area contributed by atoms with Gasteiger partial charge in [-0.15, -0.1) is 0 Å². The normalized spacial score (nSPS) is 14.9. The maximum Gasteiger partial charge on any atom is 0.201 e. The van der Waals surface area contributed by atoms with Gasteiger partial charge in [0.2, 0.25) is 8.32 Å². The first-order valence-corrected chi connectivity index (χ1v) is 12.7. The molecule has 0 heterocycles. The predicted molar refractivity (Wildman–Crippen MR) is 113 cm³/mol. The molecule has 1 atom stereocenters. The topological polar surface area (TPSA) is 9.23 Å². The number of allylic oxidation sites excluding steroid dienone is 1. The molecule has 0 amide bonds. The van der Waals surface area contributed by atoms with Gasteiger partial charge in [-0.1, -0.05) is 93.6 Å². The summed E-state index contributed by atoms with van der Waals surface area (Å²) < 4.78 is 7.18. The highest BCUT2D eigenvalue weighted by molar-refractivity contribution is 6.77. The summed E-state index contributed by atoms with van der Waals surface area (Å²) in [6, 6.07) is 0. The Hall–Kier alpha value is -0.0831. The van der Waals surface area contributed by atoms with Crippen molar-refractivity contribution in [2.24, 2.45) is 0 Å². The zero-order chi connectivity index (χ0) is 18.8. The summed E-state index contributed by atoms with van der Waals surface area (Å²) in [7, 11) is -1.81. The number of unbranched alkanes of at least 4 members (excludes halogenated alkanes) is 3. The Morgan fingerprint density at radius 3 is 1.75 bits per heavy atom. The molecule has 0 aliphatic heterocycles. The minimum Gasteiger partial charge on any atom is -0.409 e. The van der Waals surface area contributed by atoms with Gasteiger partial charge in [0.05, 0.1) is 6.10 Å². The van der Waals surface area contributed by atoms with Gasteiger partial charge < -0.3 is 4.43 Å². The molecule has 0 aliphatic rings. The van der Waals surface area contributed by atoms with Gasteiger partial charge in [0.25, 0.3) is 0 Å². The highest BCUT2D eigenvalue weighted by Gasteiger charge is 2.46. The Kier molecular flexibility index (Phi) is 12.3. The second-order valence-corrected chi connectivity index (χ2v) is 13.8. The maximum absolute atomic E-state index is 7.18. The molecule has 0 spiro atoms. The van der Waals surface area contributed by atoms with E-state index in [-0.39, 0.29) is 0 Å². The molecule has 0 aromatic carbocycles. The first-order valence-electron chi connectivity index (χ1n) is 10.6. The molecule has 144 valence electrons. The summed E-state index contributed by atoms with van der Waals surface area (Å²) in [6.07, 6.45) is 11.6. The fraction of sp³-hybridized carbons (Fsp3) is 0.909. The van der Waals surface area contributed by atoms with Gasteiger partial charge in [0, 0.05) is 0 Å². The van der Waals surface area contributed by atoms with Crippen molar-refractivity contribution in [3.8, 4) is 0 Å². The highest BCUT2D eigenvalue weighted by atomic mass is 28.4. The molecule has 0 aromatic rings. The van der Waals surface area contributed by atoms with Gasteiger partial charge in [-0.05, 0) is 42.0 Å². The molecule has 0 N–H and O–H groups in total. The number of hydrogen-bond donors (Lipinski definition) is 0. The minimum atomic E-state index is -1.81. The predicted octanol–water partition coefficient (Wildman–Crippen LogP) is 8.26. The molecule has 0 aliphatic carbocycles. The Labute approximate surface area is 154 Å². The highest BCUT2D eigenvalue weighted by Crippen LogP contribution is 2.44. The third-order valence-electron chi connectivity index (χ3n) is 5.70. The second kappa shape index (κ2) is 12.3. The van der Waals surface area contributed by atoms with Crippen LogP contribution >= 0.6 is 0 Å². The molecule has 1 unspecified atom stereocenters. The fourth-order valence-electron chi connectivity index (χ4n) is 4.51. The van der Waals surface area contributed by atoms with Crippen LogP contribution in [0.15, 0.2) is 11.6 Å². The largest absolute Gasteiger partial charge is 0.409 e. The molecule has 0 aromatic heterocycles.